The van der Waals surface area contributed by atoms with Crippen molar-refractivity contribution in [3.8, 4) is 0 Å². The molecule has 24 heavy (non-hydrogen) atoms. The molecule has 1 fully saturated rings. The van der Waals surface area contributed by atoms with Crippen molar-refractivity contribution in [2.24, 2.45) is 0 Å². The van der Waals surface area contributed by atoms with E-state index in [0.29, 0.717) is 37.5 Å². The fraction of sp³-hybridized carbons (Fsp3) is 0.444. The number of anilines is 1. The average Bonchev–Trinajstić information content (AvgIpc) is 3.19. The molecule has 1 aliphatic carbocycles. The number of hydrogen-bond donors (Lipinski definition) is 2. The van der Waals surface area contributed by atoms with E-state index in [4.69, 9.17) is 10.5 Å². The molecule has 2 heterocycles. The molecule has 1 saturated carbocycles. The standard InChI is InChI=1S/C18H22N4O2/c1-2-24-11-14-21-15-16(22(14)10-9-18(23)7-8-18)12-5-3-4-6-13(12)20-17(15)19/h3-6,23H,2,7-11H2,1H3,(H2,19,20). The normalized spacial score (nSPS) is 16.1. The summed E-state index contributed by atoms with van der Waals surface area (Å²) >= 11 is 0. The fourth-order valence-electron chi connectivity index (χ4n) is 3.16. The summed E-state index contributed by atoms with van der Waals surface area (Å²) in [5, 5.41) is 11.3. The molecule has 0 aliphatic heterocycles. The van der Waals surface area contributed by atoms with Gasteiger partial charge in [0.2, 0.25) is 0 Å². The molecular weight excluding hydrogens is 304 g/mol. The Labute approximate surface area is 140 Å². The lowest BCUT2D eigenvalue weighted by Crippen LogP contribution is -2.14. The van der Waals surface area contributed by atoms with E-state index in [1.165, 1.54) is 0 Å². The number of aliphatic hydroxyl groups is 1. The van der Waals surface area contributed by atoms with Crippen LogP contribution in [0.1, 0.15) is 32.0 Å². The maximum atomic E-state index is 10.2. The first-order valence-corrected chi connectivity index (χ1v) is 8.45. The number of imidazole rings is 1. The van der Waals surface area contributed by atoms with Gasteiger partial charge in [0.25, 0.3) is 0 Å². The van der Waals surface area contributed by atoms with Gasteiger partial charge in [-0.1, -0.05) is 18.2 Å². The molecule has 0 unspecified atom stereocenters. The van der Waals surface area contributed by atoms with E-state index in [9.17, 15) is 5.11 Å². The van der Waals surface area contributed by atoms with Gasteiger partial charge in [0.05, 0.1) is 16.6 Å². The Morgan fingerprint density at radius 3 is 2.83 bits per heavy atom. The van der Waals surface area contributed by atoms with E-state index >= 15 is 0 Å². The van der Waals surface area contributed by atoms with E-state index in [1.807, 2.05) is 31.2 Å². The van der Waals surface area contributed by atoms with Crippen molar-refractivity contribution in [2.45, 2.75) is 44.9 Å². The van der Waals surface area contributed by atoms with Gasteiger partial charge in [-0.2, -0.15) is 0 Å². The van der Waals surface area contributed by atoms with Gasteiger partial charge in [0, 0.05) is 18.5 Å². The van der Waals surface area contributed by atoms with Crippen LogP contribution in [0.5, 0.6) is 0 Å². The highest BCUT2D eigenvalue weighted by atomic mass is 16.5. The van der Waals surface area contributed by atoms with Crippen LogP contribution in [0.2, 0.25) is 0 Å². The Morgan fingerprint density at radius 1 is 1.29 bits per heavy atom. The number of nitrogen functional groups attached to an aromatic ring is 1. The Bertz CT molecular complexity index is 899. The van der Waals surface area contributed by atoms with Crippen molar-refractivity contribution in [1.29, 1.82) is 0 Å². The van der Waals surface area contributed by atoms with Gasteiger partial charge in [-0.15, -0.1) is 0 Å². The second-order valence-electron chi connectivity index (χ2n) is 6.50. The number of fused-ring (bicyclic) bond motifs is 3. The number of rotatable bonds is 6. The molecule has 6 nitrogen and oxygen atoms in total. The van der Waals surface area contributed by atoms with Crippen LogP contribution in [-0.2, 0) is 17.9 Å². The van der Waals surface area contributed by atoms with Gasteiger partial charge < -0.3 is 20.1 Å². The number of nitrogens with two attached hydrogens (primary N) is 1. The van der Waals surface area contributed by atoms with E-state index in [-0.39, 0.29) is 0 Å². The van der Waals surface area contributed by atoms with Gasteiger partial charge >= 0.3 is 0 Å². The predicted molar refractivity (Wildman–Crippen MR) is 93.6 cm³/mol. The summed E-state index contributed by atoms with van der Waals surface area (Å²) in [4.78, 5) is 9.16. The Balaban J connectivity index is 1.89. The van der Waals surface area contributed by atoms with Gasteiger partial charge in [-0.25, -0.2) is 9.97 Å². The molecule has 1 aliphatic rings. The summed E-state index contributed by atoms with van der Waals surface area (Å²) in [6, 6.07) is 7.95. The SMILES string of the molecule is CCOCc1nc2c(N)nc3ccccc3c2n1CCC1(O)CC1. The number of hydrogen-bond acceptors (Lipinski definition) is 5. The largest absolute Gasteiger partial charge is 0.390 e. The lowest BCUT2D eigenvalue weighted by molar-refractivity contribution is 0.119. The van der Waals surface area contributed by atoms with Crippen molar-refractivity contribution < 1.29 is 9.84 Å². The number of aryl methyl sites for hydroxylation is 1. The zero-order valence-electron chi connectivity index (χ0n) is 13.8. The first-order valence-electron chi connectivity index (χ1n) is 8.45. The van der Waals surface area contributed by atoms with Crippen LogP contribution in [0.4, 0.5) is 5.82 Å². The third kappa shape index (κ3) is 2.61. The van der Waals surface area contributed by atoms with E-state index in [2.05, 4.69) is 14.5 Å². The molecular formula is C18H22N4O2. The quantitative estimate of drug-likeness (QED) is 0.727. The smallest absolute Gasteiger partial charge is 0.152 e. The molecule has 0 saturated heterocycles. The number of aromatic nitrogens is 3. The molecule has 3 N–H and O–H groups in total. The zero-order valence-corrected chi connectivity index (χ0v) is 13.8. The van der Waals surface area contributed by atoms with E-state index in [1.54, 1.807) is 0 Å². The lowest BCUT2D eigenvalue weighted by Gasteiger charge is -2.13. The van der Waals surface area contributed by atoms with Crippen molar-refractivity contribution >= 4 is 27.8 Å². The maximum Gasteiger partial charge on any atom is 0.152 e. The maximum absolute atomic E-state index is 10.2. The van der Waals surface area contributed by atoms with Gasteiger partial charge in [-0.05, 0) is 32.3 Å². The van der Waals surface area contributed by atoms with Crippen LogP contribution < -0.4 is 5.73 Å². The minimum Gasteiger partial charge on any atom is -0.390 e. The zero-order chi connectivity index (χ0) is 16.7. The first kappa shape index (κ1) is 15.4. The van der Waals surface area contributed by atoms with Gasteiger partial charge in [0.15, 0.2) is 5.82 Å². The van der Waals surface area contributed by atoms with Crippen molar-refractivity contribution in [1.82, 2.24) is 14.5 Å². The highest BCUT2D eigenvalue weighted by Gasteiger charge is 2.39. The molecule has 0 amide bonds. The lowest BCUT2D eigenvalue weighted by atomic mass is 10.1. The number of benzene rings is 1. The summed E-state index contributed by atoms with van der Waals surface area (Å²) in [7, 11) is 0. The van der Waals surface area contributed by atoms with Crippen LogP contribution in [0.3, 0.4) is 0 Å². The molecule has 0 spiro atoms. The third-order valence-corrected chi connectivity index (χ3v) is 4.75. The molecule has 1 aromatic carbocycles. The van der Waals surface area contributed by atoms with Crippen molar-refractivity contribution in [2.75, 3.05) is 12.3 Å². The van der Waals surface area contributed by atoms with Crippen LogP contribution in [0, 0.1) is 0 Å². The van der Waals surface area contributed by atoms with Gasteiger partial charge in [0.1, 0.15) is 17.9 Å². The van der Waals surface area contributed by atoms with Crippen molar-refractivity contribution in [3.63, 3.8) is 0 Å². The third-order valence-electron chi connectivity index (χ3n) is 4.75. The summed E-state index contributed by atoms with van der Waals surface area (Å²) in [5.41, 5.74) is 8.20. The Hall–Kier alpha value is -2.18. The topological polar surface area (TPSA) is 86.2 Å². The molecule has 4 rings (SSSR count). The summed E-state index contributed by atoms with van der Waals surface area (Å²) in [6.45, 7) is 3.72. The van der Waals surface area contributed by atoms with E-state index in [0.717, 1.165) is 35.1 Å². The number of pyridine rings is 1. The van der Waals surface area contributed by atoms with Crippen molar-refractivity contribution in [3.05, 3.63) is 30.1 Å². The first-order chi connectivity index (χ1) is 11.6. The van der Waals surface area contributed by atoms with Gasteiger partial charge in [-0.3, -0.25) is 0 Å². The molecule has 126 valence electrons. The Morgan fingerprint density at radius 2 is 2.08 bits per heavy atom. The van der Waals surface area contributed by atoms with E-state index < -0.39 is 5.60 Å². The highest BCUT2D eigenvalue weighted by Crippen LogP contribution is 2.39. The summed E-state index contributed by atoms with van der Waals surface area (Å²) < 4.78 is 7.72. The highest BCUT2D eigenvalue weighted by molar-refractivity contribution is 6.06. The second-order valence-corrected chi connectivity index (χ2v) is 6.50. The minimum absolute atomic E-state index is 0.428. The Kier molecular flexibility index (Phi) is 3.66. The second kappa shape index (κ2) is 5.72. The van der Waals surface area contributed by atoms with Crippen LogP contribution >= 0.6 is 0 Å². The number of para-hydroxylation sites is 1. The molecule has 2 aromatic heterocycles. The predicted octanol–water partition coefficient (Wildman–Crippen LogP) is 2.62. The molecule has 3 aromatic rings. The average molecular weight is 326 g/mol. The summed E-state index contributed by atoms with van der Waals surface area (Å²) in [5.74, 6) is 1.27. The molecule has 0 bridgehead atoms. The molecule has 0 radical (unpaired) electrons. The monoisotopic (exact) mass is 326 g/mol. The fourth-order valence-corrected chi connectivity index (χ4v) is 3.16. The molecule has 0 atom stereocenters. The van der Waals surface area contributed by atoms with Crippen LogP contribution in [-0.4, -0.2) is 31.8 Å². The molecule has 6 heteroatoms. The summed E-state index contributed by atoms with van der Waals surface area (Å²) in [6.07, 6.45) is 2.48. The van der Waals surface area contributed by atoms with Crippen LogP contribution in [0.25, 0.3) is 21.9 Å². The minimum atomic E-state index is -0.506. The van der Waals surface area contributed by atoms with Crippen LogP contribution in [0.15, 0.2) is 24.3 Å². The number of nitrogens with zero attached hydrogens (tertiary/aromatic N) is 3. The number of ether oxygens (including phenoxy) is 1.